The number of halogens is 1. The smallest absolute Gasteiger partial charge is 0.155 e. The third kappa shape index (κ3) is 2.39. The molecule has 2 aromatic rings. The molecule has 0 atom stereocenters. The monoisotopic (exact) mass is 232 g/mol. The lowest BCUT2D eigenvalue weighted by Gasteiger charge is -2.18. The van der Waals surface area contributed by atoms with E-state index in [0.717, 1.165) is 0 Å². The average Bonchev–Trinajstić information content (AvgIpc) is 2.39. The van der Waals surface area contributed by atoms with Gasteiger partial charge in [-0.25, -0.2) is 4.39 Å². The topological polar surface area (TPSA) is 55.0 Å². The quantitative estimate of drug-likeness (QED) is 0.877. The van der Waals surface area contributed by atoms with Gasteiger partial charge >= 0.3 is 0 Å². The van der Waals surface area contributed by atoms with Crippen LogP contribution in [0.25, 0.3) is 0 Å². The van der Waals surface area contributed by atoms with Crippen molar-refractivity contribution < 1.29 is 4.39 Å². The second-order valence-corrected chi connectivity index (χ2v) is 3.60. The first-order valence-corrected chi connectivity index (χ1v) is 5.23. The van der Waals surface area contributed by atoms with Crippen molar-refractivity contribution in [3.05, 3.63) is 47.9 Å². The van der Waals surface area contributed by atoms with Crippen molar-refractivity contribution in [2.75, 3.05) is 11.9 Å². The molecule has 0 saturated carbocycles. The molecule has 0 aliphatic heterocycles. The maximum Gasteiger partial charge on any atom is 0.155 e. The third-order valence-electron chi connectivity index (χ3n) is 2.47. The van der Waals surface area contributed by atoms with Crippen molar-refractivity contribution in [1.29, 1.82) is 0 Å². The van der Waals surface area contributed by atoms with Crippen molar-refractivity contribution in [1.82, 2.24) is 10.2 Å². The molecule has 5 heteroatoms. The summed E-state index contributed by atoms with van der Waals surface area (Å²) in [6.45, 7) is 0.344. The normalized spacial score (nSPS) is 10.3. The number of anilines is 2. The summed E-state index contributed by atoms with van der Waals surface area (Å²) in [6, 6.07) is 10.1. The van der Waals surface area contributed by atoms with Gasteiger partial charge in [-0.3, -0.25) is 0 Å². The second kappa shape index (κ2) is 4.88. The minimum Gasteiger partial charge on any atom is -0.326 e. The van der Waals surface area contributed by atoms with Crippen LogP contribution in [-0.4, -0.2) is 17.2 Å². The number of nitrogens with two attached hydrogens (primary N) is 1. The van der Waals surface area contributed by atoms with E-state index in [1.165, 1.54) is 6.07 Å². The number of benzene rings is 1. The van der Waals surface area contributed by atoms with Gasteiger partial charge < -0.3 is 10.6 Å². The lowest BCUT2D eigenvalue weighted by molar-refractivity contribution is 0.627. The summed E-state index contributed by atoms with van der Waals surface area (Å²) in [5.74, 6) is 0.284. The highest BCUT2D eigenvalue weighted by Crippen LogP contribution is 2.23. The minimum absolute atomic E-state index is 0.292. The molecule has 17 heavy (non-hydrogen) atoms. The zero-order valence-electron chi connectivity index (χ0n) is 9.47. The number of aromatic nitrogens is 2. The number of para-hydroxylation sites is 1. The lowest BCUT2D eigenvalue weighted by Crippen LogP contribution is -2.14. The Labute approximate surface area is 98.9 Å². The summed E-state index contributed by atoms with van der Waals surface area (Å²) in [7, 11) is 1.74. The summed E-state index contributed by atoms with van der Waals surface area (Å²) >= 11 is 0. The van der Waals surface area contributed by atoms with Crippen molar-refractivity contribution in [3.63, 3.8) is 0 Å². The highest BCUT2D eigenvalue weighted by Gasteiger charge is 2.09. The SMILES string of the molecule is CN(c1ccc(CN)nn1)c1ccccc1F. The van der Waals surface area contributed by atoms with Gasteiger partial charge in [0.15, 0.2) is 5.82 Å². The van der Waals surface area contributed by atoms with E-state index in [1.807, 2.05) is 0 Å². The summed E-state index contributed by atoms with van der Waals surface area (Å²) < 4.78 is 13.6. The Hall–Kier alpha value is -2.01. The zero-order valence-corrected chi connectivity index (χ0v) is 9.47. The van der Waals surface area contributed by atoms with E-state index in [1.54, 1.807) is 42.3 Å². The van der Waals surface area contributed by atoms with Crippen molar-refractivity contribution in [2.45, 2.75) is 6.54 Å². The maximum atomic E-state index is 13.6. The fraction of sp³-hybridized carbons (Fsp3) is 0.167. The van der Waals surface area contributed by atoms with Crippen molar-refractivity contribution >= 4 is 11.5 Å². The Kier molecular flexibility index (Phi) is 3.30. The van der Waals surface area contributed by atoms with Gasteiger partial charge in [0.1, 0.15) is 5.82 Å². The average molecular weight is 232 g/mol. The predicted molar refractivity (Wildman–Crippen MR) is 64.4 cm³/mol. The fourth-order valence-electron chi connectivity index (χ4n) is 1.49. The van der Waals surface area contributed by atoms with Crippen LogP contribution in [0.4, 0.5) is 15.9 Å². The second-order valence-electron chi connectivity index (χ2n) is 3.60. The molecule has 4 nitrogen and oxygen atoms in total. The Morgan fingerprint density at radius 3 is 2.53 bits per heavy atom. The van der Waals surface area contributed by atoms with Crippen LogP contribution in [0.15, 0.2) is 36.4 Å². The molecule has 0 bridgehead atoms. The first-order valence-electron chi connectivity index (χ1n) is 5.23. The van der Waals surface area contributed by atoms with Crippen LogP contribution >= 0.6 is 0 Å². The number of rotatable bonds is 3. The highest BCUT2D eigenvalue weighted by atomic mass is 19.1. The molecule has 0 spiro atoms. The van der Waals surface area contributed by atoms with Crippen molar-refractivity contribution in [2.24, 2.45) is 5.73 Å². The molecule has 2 N–H and O–H groups in total. The van der Waals surface area contributed by atoms with E-state index in [4.69, 9.17) is 5.73 Å². The van der Waals surface area contributed by atoms with E-state index >= 15 is 0 Å². The summed E-state index contributed by atoms with van der Waals surface area (Å²) in [4.78, 5) is 1.64. The molecule has 0 radical (unpaired) electrons. The van der Waals surface area contributed by atoms with Crippen molar-refractivity contribution in [3.8, 4) is 0 Å². The Morgan fingerprint density at radius 2 is 1.94 bits per heavy atom. The zero-order chi connectivity index (χ0) is 12.3. The fourth-order valence-corrected chi connectivity index (χ4v) is 1.49. The number of nitrogens with zero attached hydrogens (tertiary/aromatic N) is 3. The summed E-state index contributed by atoms with van der Waals surface area (Å²) in [5, 5.41) is 7.93. The molecule has 0 aliphatic rings. The molecular formula is C12H13FN4. The Balaban J connectivity index is 2.30. The van der Waals surface area contributed by atoms with Crippen LogP contribution in [0.5, 0.6) is 0 Å². The molecule has 1 heterocycles. The van der Waals surface area contributed by atoms with Gasteiger partial charge in [-0.15, -0.1) is 5.10 Å². The molecule has 1 aromatic heterocycles. The van der Waals surface area contributed by atoms with Crippen LogP contribution in [0.3, 0.4) is 0 Å². The van der Waals surface area contributed by atoms with E-state index in [9.17, 15) is 4.39 Å². The molecule has 0 saturated heterocycles. The minimum atomic E-state index is -0.292. The first-order chi connectivity index (χ1) is 8.22. The van der Waals surface area contributed by atoms with Crippen LogP contribution < -0.4 is 10.6 Å². The van der Waals surface area contributed by atoms with Gasteiger partial charge in [-0.05, 0) is 24.3 Å². The maximum absolute atomic E-state index is 13.6. The predicted octanol–water partition coefficient (Wildman–Crippen LogP) is 1.84. The lowest BCUT2D eigenvalue weighted by atomic mass is 10.3. The van der Waals surface area contributed by atoms with E-state index < -0.39 is 0 Å². The van der Waals surface area contributed by atoms with E-state index in [0.29, 0.717) is 23.7 Å². The molecule has 2 rings (SSSR count). The van der Waals surface area contributed by atoms with E-state index in [2.05, 4.69) is 10.2 Å². The highest BCUT2D eigenvalue weighted by molar-refractivity contribution is 5.59. The van der Waals surface area contributed by atoms with Crippen LogP contribution in [0.1, 0.15) is 5.69 Å². The molecule has 88 valence electrons. The van der Waals surface area contributed by atoms with Gasteiger partial charge in [0.25, 0.3) is 0 Å². The van der Waals surface area contributed by atoms with Gasteiger partial charge in [-0.2, -0.15) is 5.10 Å². The molecule has 1 aromatic carbocycles. The summed E-state index contributed by atoms with van der Waals surface area (Å²) in [6.07, 6.45) is 0. The molecule has 0 amide bonds. The van der Waals surface area contributed by atoms with Crippen LogP contribution in [0.2, 0.25) is 0 Å². The molecular weight excluding hydrogens is 219 g/mol. The summed E-state index contributed by atoms with van der Waals surface area (Å²) in [5.41, 5.74) is 6.60. The van der Waals surface area contributed by atoms with Crippen LogP contribution in [-0.2, 0) is 6.54 Å². The number of hydrogen-bond donors (Lipinski definition) is 1. The Bertz CT molecular complexity index is 498. The Morgan fingerprint density at radius 1 is 1.18 bits per heavy atom. The third-order valence-corrected chi connectivity index (χ3v) is 2.47. The van der Waals surface area contributed by atoms with Crippen LogP contribution in [0, 0.1) is 5.82 Å². The van der Waals surface area contributed by atoms with Gasteiger partial charge in [0.05, 0.1) is 11.4 Å². The molecule has 0 unspecified atom stereocenters. The first kappa shape index (κ1) is 11.5. The van der Waals surface area contributed by atoms with Gasteiger partial charge in [0, 0.05) is 13.6 Å². The molecule has 0 fully saturated rings. The standard InChI is InChI=1S/C12H13FN4/c1-17(11-5-3-2-4-10(11)13)12-7-6-9(8-14)15-16-12/h2-7H,8,14H2,1H3. The van der Waals surface area contributed by atoms with Gasteiger partial charge in [-0.1, -0.05) is 12.1 Å². The molecule has 0 aliphatic carbocycles. The van der Waals surface area contributed by atoms with E-state index in [-0.39, 0.29) is 5.82 Å². The number of hydrogen-bond acceptors (Lipinski definition) is 4. The largest absolute Gasteiger partial charge is 0.326 e. The van der Waals surface area contributed by atoms with Gasteiger partial charge in [0.2, 0.25) is 0 Å².